The van der Waals surface area contributed by atoms with Crippen molar-refractivity contribution < 1.29 is 9.59 Å². The highest BCUT2D eigenvalue weighted by molar-refractivity contribution is 6.08. The van der Waals surface area contributed by atoms with Crippen molar-refractivity contribution >= 4 is 33.8 Å². The molecule has 6 rings (SSSR count). The normalized spacial score (nSPS) is 11.5. The monoisotopic (exact) mass is 587 g/mol. The number of carbonyl (C=O) groups excluding carboxylic acids is 2. The number of aromatic nitrogens is 5. The maximum Gasteiger partial charge on any atom is 0.253 e. The Labute approximate surface area is 253 Å². The average molecular weight is 588 g/mol. The predicted molar refractivity (Wildman–Crippen MR) is 171 cm³/mol. The number of pyridine rings is 1. The molecule has 10 heteroatoms. The number of aryl methyl sites for hydroxylation is 2. The molecule has 0 unspecified atom stereocenters. The fraction of sp³-hybridized carbons (Fsp3) is 0.206. The Kier molecular flexibility index (Phi) is 7.34. The van der Waals surface area contributed by atoms with E-state index in [9.17, 15) is 14.4 Å². The molecular weight excluding hydrogens is 554 g/mol. The lowest BCUT2D eigenvalue weighted by atomic mass is 9.98. The quantitative estimate of drug-likeness (QED) is 0.196. The first kappa shape index (κ1) is 28.6. The first-order valence-corrected chi connectivity index (χ1v) is 14.4. The number of fused-ring (bicyclic) bond motifs is 2. The summed E-state index contributed by atoms with van der Waals surface area (Å²) in [5.74, 6) is -0.0672. The lowest BCUT2D eigenvalue weighted by molar-refractivity contribution is 0.0951. The van der Waals surface area contributed by atoms with E-state index in [2.05, 4.69) is 25.4 Å². The van der Waals surface area contributed by atoms with Crippen molar-refractivity contribution in [1.82, 2.24) is 30.0 Å². The summed E-state index contributed by atoms with van der Waals surface area (Å²) in [6, 6.07) is 19.3. The van der Waals surface area contributed by atoms with Crippen LogP contribution in [-0.2, 0) is 13.0 Å². The van der Waals surface area contributed by atoms with Gasteiger partial charge in [-0.25, -0.2) is 4.98 Å². The highest BCUT2D eigenvalue weighted by Crippen LogP contribution is 2.30. The molecule has 0 saturated carbocycles. The van der Waals surface area contributed by atoms with Crippen molar-refractivity contribution in [3.8, 4) is 11.1 Å². The van der Waals surface area contributed by atoms with Crippen LogP contribution in [0.25, 0.3) is 33.1 Å². The summed E-state index contributed by atoms with van der Waals surface area (Å²) in [7, 11) is 0. The second-order valence-corrected chi connectivity index (χ2v) is 11.4. The Bertz CT molecular complexity index is 2120. The van der Waals surface area contributed by atoms with Gasteiger partial charge in [0.15, 0.2) is 0 Å². The lowest BCUT2D eigenvalue weighted by Gasteiger charge is -2.13. The fourth-order valence-electron chi connectivity index (χ4n) is 5.65. The number of nitrogens with one attached hydrogen (secondary N) is 3. The number of nitrogens with two attached hydrogens (primary N) is 1. The average Bonchev–Trinajstić information content (AvgIpc) is 3.60. The van der Waals surface area contributed by atoms with E-state index in [1.165, 1.54) is 0 Å². The Morgan fingerprint density at radius 3 is 2.45 bits per heavy atom. The molecule has 10 nitrogen and oxygen atoms in total. The highest BCUT2D eigenvalue weighted by Gasteiger charge is 2.18. The van der Waals surface area contributed by atoms with Crippen molar-refractivity contribution in [3.63, 3.8) is 0 Å². The molecule has 0 aliphatic rings. The largest absolute Gasteiger partial charge is 0.366 e. The Morgan fingerprint density at radius 1 is 0.977 bits per heavy atom. The van der Waals surface area contributed by atoms with E-state index in [0.29, 0.717) is 28.6 Å². The number of imidazole rings is 1. The Hall–Kier alpha value is -5.51. The fourth-order valence-corrected chi connectivity index (χ4v) is 5.65. The minimum atomic E-state index is -0.513. The zero-order valence-electron chi connectivity index (χ0n) is 25.0. The third-order valence-electron chi connectivity index (χ3n) is 7.86. The molecule has 0 bridgehead atoms. The number of nitrogens with zero attached hydrogens (tertiary/aromatic N) is 3. The van der Waals surface area contributed by atoms with Crippen LogP contribution in [0.1, 0.15) is 68.8 Å². The number of rotatable bonds is 8. The highest BCUT2D eigenvalue weighted by atomic mass is 16.2. The van der Waals surface area contributed by atoms with E-state index in [-0.39, 0.29) is 24.1 Å². The molecule has 2 amide bonds. The van der Waals surface area contributed by atoms with Gasteiger partial charge in [0.2, 0.25) is 0 Å². The minimum Gasteiger partial charge on any atom is -0.366 e. The molecule has 0 radical (unpaired) electrons. The summed E-state index contributed by atoms with van der Waals surface area (Å²) in [4.78, 5) is 48.6. The molecule has 0 aliphatic carbocycles. The third-order valence-corrected chi connectivity index (χ3v) is 7.86. The molecule has 222 valence electrons. The van der Waals surface area contributed by atoms with Gasteiger partial charge in [-0.05, 0) is 80.3 Å². The summed E-state index contributed by atoms with van der Waals surface area (Å²) in [5.41, 5.74) is 13.3. The van der Waals surface area contributed by atoms with Crippen LogP contribution in [0.5, 0.6) is 0 Å². The summed E-state index contributed by atoms with van der Waals surface area (Å²) in [6.45, 7) is 7.90. The van der Waals surface area contributed by atoms with Crippen LogP contribution in [0, 0.1) is 13.8 Å². The van der Waals surface area contributed by atoms with Gasteiger partial charge >= 0.3 is 0 Å². The number of carbonyl (C=O) groups is 2. The van der Waals surface area contributed by atoms with Crippen molar-refractivity contribution in [2.75, 3.05) is 0 Å². The molecular formula is C34H33N7O3. The summed E-state index contributed by atoms with van der Waals surface area (Å²) in [6.07, 6.45) is 2.26. The number of para-hydroxylation sites is 1. The van der Waals surface area contributed by atoms with Crippen LogP contribution in [-0.4, -0.2) is 36.5 Å². The smallest absolute Gasteiger partial charge is 0.253 e. The van der Waals surface area contributed by atoms with E-state index in [4.69, 9.17) is 5.73 Å². The van der Waals surface area contributed by atoms with Crippen LogP contribution >= 0.6 is 0 Å². The van der Waals surface area contributed by atoms with Gasteiger partial charge in [0, 0.05) is 35.7 Å². The maximum absolute atomic E-state index is 13.6. The van der Waals surface area contributed by atoms with E-state index in [1.54, 1.807) is 18.3 Å². The number of H-pyrrole nitrogens is 2. The van der Waals surface area contributed by atoms with Gasteiger partial charge in [0.05, 0.1) is 28.4 Å². The molecule has 3 heterocycles. The van der Waals surface area contributed by atoms with Gasteiger partial charge in [-0.15, -0.1) is 0 Å². The number of hydrogen-bond donors (Lipinski definition) is 4. The molecule has 6 aromatic rings. The molecule has 0 aliphatic heterocycles. The molecule has 0 atom stereocenters. The maximum atomic E-state index is 13.6. The van der Waals surface area contributed by atoms with Gasteiger partial charge in [0.1, 0.15) is 11.3 Å². The zero-order valence-corrected chi connectivity index (χ0v) is 25.0. The third kappa shape index (κ3) is 5.37. The first-order chi connectivity index (χ1) is 21.1. The van der Waals surface area contributed by atoms with Gasteiger partial charge in [-0.3, -0.25) is 19.1 Å². The van der Waals surface area contributed by atoms with E-state index < -0.39 is 5.91 Å². The zero-order chi connectivity index (χ0) is 31.1. The van der Waals surface area contributed by atoms with Crippen LogP contribution in [0.15, 0.2) is 71.7 Å². The van der Waals surface area contributed by atoms with Crippen molar-refractivity contribution in [2.45, 2.75) is 46.7 Å². The van der Waals surface area contributed by atoms with E-state index in [1.807, 2.05) is 80.9 Å². The summed E-state index contributed by atoms with van der Waals surface area (Å²) < 4.78 is 1.90. The second kappa shape index (κ2) is 11.3. The predicted octanol–water partition coefficient (Wildman–Crippen LogP) is 5.09. The summed E-state index contributed by atoms with van der Waals surface area (Å²) in [5, 5.41) is 8.26. The summed E-state index contributed by atoms with van der Waals surface area (Å²) >= 11 is 0. The standard InChI is InChI=1S/C34H33N7O3/c1-18(2)41-29-15-23(14-25(27(29)17-37-41)33(43)36-16-26-19(3)12-20(4)38-34(26)44)22-10-8-21(9-11-22)13-30-39-28-7-5-6-24(32(35)42)31(28)40-30/h5-12,14-15,17-18H,13,16H2,1-4H3,(H2,35,42)(H,36,43)(H,38,44)(H,39,40). The molecule has 0 fully saturated rings. The number of benzene rings is 3. The van der Waals surface area contributed by atoms with Gasteiger partial charge in [0.25, 0.3) is 17.4 Å². The van der Waals surface area contributed by atoms with Crippen molar-refractivity contribution in [3.05, 3.63) is 117 Å². The molecule has 44 heavy (non-hydrogen) atoms. The lowest BCUT2D eigenvalue weighted by Crippen LogP contribution is -2.28. The molecule has 3 aromatic carbocycles. The van der Waals surface area contributed by atoms with Crippen LogP contribution in [0.3, 0.4) is 0 Å². The number of hydrogen-bond acceptors (Lipinski definition) is 5. The van der Waals surface area contributed by atoms with Crippen LogP contribution < -0.4 is 16.6 Å². The van der Waals surface area contributed by atoms with Gasteiger partial charge < -0.3 is 21.0 Å². The first-order valence-electron chi connectivity index (χ1n) is 14.4. The molecule has 5 N–H and O–H groups in total. The number of amides is 2. The van der Waals surface area contributed by atoms with Gasteiger partial charge in [-0.2, -0.15) is 5.10 Å². The van der Waals surface area contributed by atoms with E-state index in [0.717, 1.165) is 50.2 Å². The van der Waals surface area contributed by atoms with E-state index >= 15 is 0 Å². The topological polar surface area (TPSA) is 152 Å². The minimum absolute atomic E-state index is 0.0914. The Morgan fingerprint density at radius 2 is 1.75 bits per heavy atom. The van der Waals surface area contributed by atoms with Crippen molar-refractivity contribution in [1.29, 1.82) is 0 Å². The molecule has 0 saturated heterocycles. The van der Waals surface area contributed by atoms with Crippen LogP contribution in [0.4, 0.5) is 0 Å². The Balaban J connectivity index is 1.31. The number of primary amides is 1. The van der Waals surface area contributed by atoms with Crippen molar-refractivity contribution in [2.24, 2.45) is 5.73 Å². The van der Waals surface area contributed by atoms with Gasteiger partial charge in [-0.1, -0.05) is 30.3 Å². The second-order valence-electron chi connectivity index (χ2n) is 11.4. The number of aromatic amines is 2. The van der Waals surface area contributed by atoms with Crippen LogP contribution in [0.2, 0.25) is 0 Å². The molecule has 0 spiro atoms. The SMILES string of the molecule is Cc1cc(C)c(CNC(=O)c2cc(-c3ccc(Cc4nc5c(C(N)=O)cccc5[nH]4)cc3)cc3c2cnn3C(C)C)c(=O)[nH]1. The molecule has 3 aromatic heterocycles.